The zero-order chi connectivity index (χ0) is 22.8. The third kappa shape index (κ3) is 5.27. The standard InChI is InChI=1S/C16H18FN5OS.C2HF3O2/c1-11-20-13(9-24-11)8-21-4-2-16(14(21)23)3-5-22(10-16)15-18-6-12(17)7-19-15;3-2(4,5)1(6)7/h6-7,9H,2-5,8,10H2,1H3;(H,6,7). The summed E-state index contributed by atoms with van der Waals surface area (Å²) in [5.74, 6) is -2.52. The highest BCUT2D eigenvalue weighted by Crippen LogP contribution is 2.41. The van der Waals surface area contributed by atoms with Crippen molar-refractivity contribution in [2.75, 3.05) is 24.5 Å². The number of aliphatic carboxylic acids is 1. The fourth-order valence-electron chi connectivity index (χ4n) is 3.61. The maximum atomic E-state index is 13.0. The Morgan fingerprint density at radius 1 is 1.26 bits per heavy atom. The third-order valence-electron chi connectivity index (χ3n) is 5.11. The Hall–Kier alpha value is -2.83. The van der Waals surface area contributed by atoms with E-state index in [1.165, 1.54) is 12.4 Å². The van der Waals surface area contributed by atoms with E-state index in [1.807, 2.05) is 22.1 Å². The molecule has 1 unspecified atom stereocenters. The number of carboxylic acids is 1. The van der Waals surface area contributed by atoms with Crippen molar-refractivity contribution in [1.29, 1.82) is 0 Å². The van der Waals surface area contributed by atoms with Gasteiger partial charge in [0.05, 0.1) is 35.1 Å². The van der Waals surface area contributed by atoms with E-state index in [0.717, 1.165) is 36.6 Å². The predicted molar refractivity (Wildman–Crippen MR) is 102 cm³/mol. The first kappa shape index (κ1) is 22.8. The maximum Gasteiger partial charge on any atom is 0.490 e. The Morgan fingerprint density at radius 2 is 1.87 bits per heavy atom. The molecule has 1 atom stereocenters. The summed E-state index contributed by atoms with van der Waals surface area (Å²) in [6.07, 6.45) is -1.12. The molecule has 2 saturated heterocycles. The number of likely N-dealkylation sites (tertiary alicyclic amines) is 1. The van der Waals surface area contributed by atoms with E-state index in [4.69, 9.17) is 9.90 Å². The highest BCUT2D eigenvalue weighted by atomic mass is 32.1. The first-order valence-corrected chi connectivity index (χ1v) is 10.1. The van der Waals surface area contributed by atoms with E-state index in [0.29, 0.717) is 19.0 Å². The lowest BCUT2D eigenvalue weighted by atomic mass is 9.85. The lowest BCUT2D eigenvalue weighted by Crippen LogP contribution is -2.37. The summed E-state index contributed by atoms with van der Waals surface area (Å²) in [7, 11) is 0. The van der Waals surface area contributed by atoms with Crippen LogP contribution < -0.4 is 4.90 Å². The Bertz CT molecular complexity index is 952. The van der Waals surface area contributed by atoms with Crippen molar-refractivity contribution < 1.29 is 32.3 Å². The quantitative estimate of drug-likeness (QED) is 0.702. The molecule has 31 heavy (non-hydrogen) atoms. The van der Waals surface area contributed by atoms with Crippen molar-refractivity contribution in [2.45, 2.75) is 32.5 Å². The second kappa shape index (κ2) is 8.73. The number of thiazole rings is 1. The third-order valence-corrected chi connectivity index (χ3v) is 5.93. The van der Waals surface area contributed by atoms with Crippen LogP contribution in [0.15, 0.2) is 17.8 Å². The number of carbonyl (C=O) groups excluding carboxylic acids is 1. The van der Waals surface area contributed by atoms with E-state index in [1.54, 1.807) is 11.3 Å². The Morgan fingerprint density at radius 3 is 2.42 bits per heavy atom. The molecule has 2 fully saturated rings. The topological polar surface area (TPSA) is 99.5 Å². The molecule has 0 aromatic carbocycles. The number of hydrogen-bond acceptors (Lipinski definition) is 7. The van der Waals surface area contributed by atoms with Gasteiger partial charge in [-0.25, -0.2) is 24.1 Å². The van der Waals surface area contributed by atoms with Gasteiger partial charge in [0.15, 0.2) is 5.82 Å². The zero-order valence-electron chi connectivity index (χ0n) is 16.4. The number of carbonyl (C=O) groups is 2. The molecule has 2 aliphatic rings. The van der Waals surface area contributed by atoms with Crippen molar-refractivity contribution in [3.05, 3.63) is 34.3 Å². The Kier molecular flexibility index (Phi) is 6.43. The highest BCUT2D eigenvalue weighted by molar-refractivity contribution is 7.09. The van der Waals surface area contributed by atoms with Crippen LogP contribution in [0.1, 0.15) is 23.5 Å². The minimum atomic E-state index is -5.08. The average Bonchev–Trinajstić information content (AvgIpc) is 3.39. The van der Waals surface area contributed by atoms with Gasteiger partial charge in [-0.05, 0) is 19.8 Å². The number of nitrogens with zero attached hydrogens (tertiary/aromatic N) is 5. The lowest BCUT2D eigenvalue weighted by molar-refractivity contribution is -0.192. The fraction of sp³-hybridized carbons (Fsp3) is 0.500. The van der Waals surface area contributed by atoms with Crippen molar-refractivity contribution in [3.8, 4) is 0 Å². The Balaban J connectivity index is 0.000000339. The van der Waals surface area contributed by atoms with Gasteiger partial charge in [0, 0.05) is 25.0 Å². The highest BCUT2D eigenvalue weighted by Gasteiger charge is 2.51. The molecular formula is C18H19F4N5O3S. The van der Waals surface area contributed by atoms with Crippen LogP contribution in [0.2, 0.25) is 0 Å². The smallest absolute Gasteiger partial charge is 0.475 e. The maximum absolute atomic E-state index is 13.0. The van der Waals surface area contributed by atoms with Crippen LogP contribution in [-0.2, 0) is 16.1 Å². The minimum Gasteiger partial charge on any atom is -0.475 e. The molecule has 4 rings (SSSR count). The van der Waals surface area contributed by atoms with Gasteiger partial charge < -0.3 is 14.9 Å². The van der Waals surface area contributed by atoms with Gasteiger partial charge in [-0.3, -0.25) is 4.79 Å². The number of anilines is 1. The van der Waals surface area contributed by atoms with Crippen LogP contribution >= 0.6 is 11.3 Å². The summed E-state index contributed by atoms with van der Waals surface area (Å²) in [6, 6.07) is 0. The zero-order valence-corrected chi connectivity index (χ0v) is 17.2. The van der Waals surface area contributed by atoms with E-state index < -0.39 is 18.0 Å². The van der Waals surface area contributed by atoms with Gasteiger partial charge in [0.2, 0.25) is 11.9 Å². The molecule has 8 nitrogen and oxygen atoms in total. The molecule has 168 valence electrons. The van der Waals surface area contributed by atoms with Gasteiger partial charge in [-0.1, -0.05) is 0 Å². The van der Waals surface area contributed by atoms with Crippen molar-refractivity contribution >= 4 is 29.2 Å². The number of amides is 1. The van der Waals surface area contributed by atoms with E-state index in [9.17, 15) is 22.4 Å². The predicted octanol–water partition coefficient (Wildman–Crippen LogP) is 2.64. The van der Waals surface area contributed by atoms with Gasteiger partial charge >= 0.3 is 12.1 Å². The molecule has 0 radical (unpaired) electrons. The molecule has 13 heteroatoms. The molecular weight excluding hydrogens is 442 g/mol. The summed E-state index contributed by atoms with van der Waals surface area (Å²) in [5, 5.41) is 10.2. The first-order chi connectivity index (χ1) is 14.5. The number of alkyl halides is 3. The molecule has 1 amide bonds. The molecule has 2 aliphatic heterocycles. The van der Waals surface area contributed by atoms with Gasteiger partial charge in [-0.2, -0.15) is 13.2 Å². The Labute approximate surface area is 178 Å². The molecule has 4 heterocycles. The number of carboxylic acid groups (broad SMARTS) is 1. The number of aromatic nitrogens is 3. The van der Waals surface area contributed by atoms with Crippen molar-refractivity contribution in [3.63, 3.8) is 0 Å². The van der Waals surface area contributed by atoms with E-state index >= 15 is 0 Å². The summed E-state index contributed by atoms with van der Waals surface area (Å²) >= 11 is 1.61. The second-order valence-corrected chi connectivity index (χ2v) is 8.35. The molecule has 2 aromatic heterocycles. The van der Waals surface area contributed by atoms with Gasteiger partial charge in [-0.15, -0.1) is 11.3 Å². The van der Waals surface area contributed by atoms with Crippen LogP contribution in [0, 0.1) is 18.2 Å². The van der Waals surface area contributed by atoms with Crippen LogP contribution in [0.4, 0.5) is 23.5 Å². The van der Waals surface area contributed by atoms with Crippen LogP contribution in [-0.4, -0.2) is 62.6 Å². The van der Waals surface area contributed by atoms with Crippen molar-refractivity contribution in [2.24, 2.45) is 5.41 Å². The summed E-state index contributed by atoms with van der Waals surface area (Å²) in [4.78, 5) is 38.3. The van der Waals surface area contributed by atoms with E-state index in [2.05, 4.69) is 15.0 Å². The van der Waals surface area contributed by atoms with Crippen LogP contribution in [0.5, 0.6) is 0 Å². The number of halogens is 4. The summed E-state index contributed by atoms with van der Waals surface area (Å²) in [6.45, 7) is 4.63. The van der Waals surface area contributed by atoms with Gasteiger partial charge in [0.1, 0.15) is 0 Å². The molecule has 1 spiro atoms. The molecule has 0 bridgehead atoms. The number of aryl methyl sites for hydroxylation is 1. The van der Waals surface area contributed by atoms with Gasteiger partial charge in [0.25, 0.3) is 0 Å². The van der Waals surface area contributed by atoms with Crippen molar-refractivity contribution in [1.82, 2.24) is 19.9 Å². The molecule has 1 N–H and O–H groups in total. The molecule has 2 aromatic rings. The lowest BCUT2D eigenvalue weighted by Gasteiger charge is -2.23. The largest absolute Gasteiger partial charge is 0.490 e. The average molecular weight is 461 g/mol. The number of hydrogen-bond donors (Lipinski definition) is 1. The molecule has 0 saturated carbocycles. The van der Waals surface area contributed by atoms with Crippen LogP contribution in [0.25, 0.3) is 0 Å². The van der Waals surface area contributed by atoms with Crippen LogP contribution in [0.3, 0.4) is 0 Å². The minimum absolute atomic E-state index is 0.192. The monoisotopic (exact) mass is 461 g/mol. The summed E-state index contributed by atoms with van der Waals surface area (Å²) in [5.41, 5.74) is 0.600. The second-order valence-electron chi connectivity index (χ2n) is 7.29. The number of rotatable bonds is 3. The van der Waals surface area contributed by atoms with E-state index in [-0.39, 0.29) is 11.3 Å². The SMILES string of the molecule is Cc1nc(CN2CCC3(CCN(c4ncc(F)cn4)C3)C2=O)cs1.O=C(O)C(F)(F)F. The normalized spacial score (nSPS) is 20.9. The fourth-order valence-corrected chi connectivity index (χ4v) is 4.21. The summed E-state index contributed by atoms with van der Waals surface area (Å²) < 4.78 is 44.7. The molecule has 0 aliphatic carbocycles. The first-order valence-electron chi connectivity index (χ1n) is 9.23.